The summed E-state index contributed by atoms with van der Waals surface area (Å²) < 4.78 is 0. The predicted octanol–water partition coefficient (Wildman–Crippen LogP) is 3.51. The maximum absolute atomic E-state index is 2.35. The van der Waals surface area contributed by atoms with Gasteiger partial charge in [-0.15, -0.1) is 0 Å². The van der Waals surface area contributed by atoms with Crippen molar-refractivity contribution in [2.45, 2.75) is 33.1 Å². The van der Waals surface area contributed by atoms with Crippen molar-refractivity contribution in [1.82, 2.24) is 4.90 Å². The van der Waals surface area contributed by atoms with Crippen molar-refractivity contribution in [2.75, 3.05) is 13.6 Å². The highest BCUT2D eigenvalue weighted by Gasteiger charge is 2.10. The van der Waals surface area contributed by atoms with Crippen LogP contribution in [0.25, 0.3) is 0 Å². The van der Waals surface area contributed by atoms with Crippen molar-refractivity contribution in [1.29, 1.82) is 0 Å². The number of unbranched alkanes of at least 4 members (excludes halogenated alkanes) is 1. The third kappa shape index (κ3) is 2.76. The van der Waals surface area contributed by atoms with Crippen molar-refractivity contribution in [3.63, 3.8) is 0 Å². The van der Waals surface area contributed by atoms with E-state index in [2.05, 4.69) is 50.1 Å². The van der Waals surface area contributed by atoms with Crippen molar-refractivity contribution < 1.29 is 0 Å². The molecule has 0 bridgehead atoms. The van der Waals surface area contributed by atoms with Crippen LogP contribution in [0.15, 0.2) is 35.6 Å². The smallest absolute Gasteiger partial charge is 0.0356 e. The second-order valence-electron chi connectivity index (χ2n) is 3.79. The molecular weight excluding hydrogens is 170 g/mol. The van der Waals surface area contributed by atoms with Gasteiger partial charge in [0.1, 0.15) is 0 Å². The molecule has 1 heteroatoms. The average Bonchev–Trinajstić information content (AvgIpc) is 2.18. The Balaban J connectivity index is 2.80. The topological polar surface area (TPSA) is 3.24 Å². The fourth-order valence-electron chi connectivity index (χ4n) is 1.78. The van der Waals surface area contributed by atoms with Crippen LogP contribution in [0.5, 0.6) is 0 Å². The van der Waals surface area contributed by atoms with Gasteiger partial charge in [-0.1, -0.05) is 37.6 Å². The molecule has 1 aliphatic rings. The minimum Gasteiger partial charge on any atom is -0.374 e. The third-order valence-electron chi connectivity index (χ3n) is 2.58. The van der Waals surface area contributed by atoms with Gasteiger partial charge < -0.3 is 4.90 Å². The Kier molecular flexibility index (Phi) is 4.51. The molecule has 1 nitrogen and oxygen atoms in total. The van der Waals surface area contributed by atoms with Gasteiger partial charge in [-0.05, 0) is 25.3 Å². The molecule has 78 valence electrons. The molecule has 0 saturated heterocycles. The number of nitrogens with zero attached hydrogens (tertiary/aromatic N) is 1. The van der Waals surface area contributed by atoms with Crippen LogP contribution in [0.2, 0.25) is 0 Å². The molecule has 0 aliphatic carbocycles. The van der Waals surface area contributed by atoms with Crippen molar-refractivity contribution in [3.8, 4) is 0 Å². The van der Waals surface area contributed by atoms with Gasteiger partial charge in [0.05, 0.1) is 0 Å². The first-order chi connectivity index (χ1) is 6.79. The number of allylic oxidation sites excluding steroid dienone is 5. The molecule has 0 N–H and O–H groups in total. The van der Waals surface area contributed by atoms with Gasteiger partial charge in [0, 0.05) is 19.3 Å². The van der Waals surface area contributed by atoms with E-state index in [4.69, 9.17) is 0 Å². The zero-order valence-electron chi connectivity index (χ0n) is 9.59. The van der Waals surface area contributed by atoms with Gasteiger partial charge >= 0.3 is 0 Å². The summed E-state index contributed by atoms with van der Waals surface area (Å²) in [5.41, 5.74) is 2.88. The fraction of sp³-hybridized carbons (Fsp3) is 0.538. The van der Waals surface area contributed by atoms with E-state index in [0.29, 0.717) is 0 Å². The largest absolute Gasteiger partial charge is 0.374 e. The monoisotopic (exact) mass is 191 g/mol. The Labute approximate surface area is 87.8 Å². The lowest BCUT2D eigenvalue weighted by atomic mass is 10.0. The van der Waals surface area contributed by atoms with E-state index in [1.165, 1.54) is 30.5 Å². The molecule has 0 amide bonds. The Hall–Kier alpha value is -0.980. The molecule has 0 unspecified atom stereocenters. The summed E-state index contributed by atoms with van der Waals surface area (Å²) in [6.45, 7) is 5.38. The molecule has 0 aromatic heterocycles. The number of hydrogen-bond donors (Lipinski definition) is 0. The molecule has 1 aliphatic heterocycles. The van der Waals surface area contributed by atoms with Crippen LogP contribution in [-0.2, 0) is 0 Å². The lowest BCUT2D eigenvalue weighted by Gasteiger charge is -2.26. The van der Waals surface area contributed by atoms with Crippen molar-refractivity contribution >= 4 is 0 Å². The Morgan fingerprint density at radius 2 is 2.29 bits per heavy atom. The predicted molar refractivity (Wildman–Crippen MR) is 63.1 cm³/mol. The van der Waals surface area contributed by atoms with Crippen molar-refractivity contribution in [3.05, 3.63) is 35.6 Å². The van der Waals surface area contributed by atoms with Crippen LogP contribution in [-0.4, -0.2) is 18.5 Å². The van der Waals surface area contributed by atoms with Gasteiger partial charge in [0.25, 0.3) is 0 Å². The van der Waals surface area contributed by atoms with E-state index < -0.39 is 0 Å². The normalized spacial score (nSPS) is 17.2. The van der Waals surface area contributed by atoms with E-state index in [1.54, 1.807) is 0 Å². The summed E-state index contributed by atoms with van der Waals surface area (Å²) in [5, 5.41) is 0. The molecule has 0 aromatic carbocycles. The maximum Gasteiger partial charge on any atom is 0.0356 e. The first-order valence-electron chi connectivity index (χ1n) is 5.53. The fourth-order valence-corrected chi connectivity index (χ4v) is 1.78. The van der Waals surface area contributed by atoms with Gasteiger partial charge in [-0.25, -0.2) is 0 Å². The van der Waals surface area contributed by atoms with Crippen molar-refractivity contribution in [2.24, 2.45) is 0 Å². The highest BCUT2D eigenvalue weighted by Crippen LogP contribution is 2.21. The van der Waals surface area contributed by atoms with Gasteiger partial charge in [0.15, 0.2) is 0 Å². The summed E-state index contributed by atoms with van der Waals surface area (Å²) >= 11 is 0. The van der Waals surface area contributed by atoms with E-state index in [1.807, 2.05) is 0 Å². The lowest BCUT2D eigenvalue weighted by molar-refractivity contribution is 0.429. The summed E-state index contributed by atoms with van der Waals surface area (Å²) in [6, 6.07) is 0. The quantitative estimate of drug-likeness (QED) is 0.657. The van der Waals surface area contributed by atoms with Crippen LogP contribution in [0, 0.1) is 0 Å². The highest BCUT2D eigenvalue weighted by atomic mass is 15.1. The molecule has 0 fully saturated rings. The summed E-state index contributed by atoms with van der Waals surface area (Å²) in [6.07, 6.45) is 12.5. The van der Waals surface area contributed by atoms with E-state index >= 15 is 0 Å². The Bertz CT molecular complexity index is 254. The van der Waals surface area contributed by atoms with Crippen LogP contribution < -0.4 is 0 Å². The Morgan fingerprint density at radius 3 is 2.93 bits per heavy atom. The number of likely N-dealkylation sites (N-methyl/N-ethyl adjacent to an activating group) is 1. The maximum atomic E-state index is 2.35. The zero-order chi connectivity index (χ0) is 10.4. The van der Waals surface area contributed by atoms with Gasteiger partial charge in [-0.2, -0.15) is 0 Å². The van der Waals surface area contributed by atoms with E-state index in [9.17, 15) is 0 Å². The minimum absolute atomic E-state index is 1.06. The second kappa shape index (κ2) is 5.69. The molecule has 1 heterocycles. The molecule has 0 aromatic rings. The average molecular weight is 191 g/mol. The molecule has 14 heavy (non-hydrogen) atoms. The second-order valence-corrected chi connectivity index (χ2v) is 3.79. The highest BCUT2D eigenvalue weighted by molar-refractivity contribution is 5.37. The standard InChI is InChI=1S/C13H21N/c1-4-6-10-13-12(8-5-2)9-7-11-14(13)3/h5,7-9H,4,6,10-11H2,1-3H3/b8-5+. The van der Waals surface area contributed by atoms with E-state index in [0.717, 1.165) is 6.54 Å². The number of rotatable bonds is 4. The molecule has 0 atom stereocenters. The SMILES string of the molecule is C/C=C/C1=C(CCCC)N(C)CC=C1. The van der Waals surface area contributed by atoms with Crippen LogP contribution in [0.4, 0.5) is 0 Å². The lowest BCUT2D eigenvalue weighted by Crippen LogP contribution is -2.21. The van der Waals surface area contributed by atoms with Crippen LogP contribution in [0.3, 0.4) is 0 Å². The molecule has 0 saturated carbocycles. The molecule has 1 rings (SSSR count). The summed E-state index contributed by atoms with van der Waals surface area (Å²) in [7, 11) is 2.18. The van der Waals surface area contributed by atoms with Gasteiger partial charge in [-0.3, -0.25) is 0 Å². The van der Waals surface area contributed by atoms with Crippen LogP contribution in [0.1, 0.15) is 33.1 Å². The first kappa shape index (κ1) is 11.1. The summed E-state index contributed by atoms with van der Waals surface area (Å²) in [4.78, 5) is 2.35. The molecule has 0 radical (unpaired) electrons. The van der Waals surface area contributed by atoms with Crippen LogP contribution >= 0.6 is 0 Å². The molecule has 0 spiro atoms. The molecular formula is C13H21N. The number of hydrogen-bond acceptors (Lipinski definition) is 1. The minimum atomic E-state index is 1.06. The van der Waals surface area contributed by atoms with Gasteiger partial charge in [0.2, 0.25) is 0 Å². The summed E-state index contributed by atoms with van der Waals surface area (Å²) in [5.74, 6) is 0. The Morgan fingerprint density at radius 1 is 1.50 bits per heavy atom. The zero-order valence-corrected chi connectivity index (χ0v) is 9.59. The first-order valence-corrected chi connectivity index (χ1v) is 5.53. The third-order valence-corrected chi connectivity index (χ3v) is 2.58. The van der Waals surface area contributed by atoms with E-state index in [-0.39, 0.29) is 0 Å².